The van der Waals surface area contributed by atoms with Gasteiger partial charge in [0.2, 0.25) is 0 Å². The van der Waals surface area contributed by atoms with Gasteiger partial charge in [0.1, 0.15) is 29.9 Å². The van der Waals surface area contributed by atoms with Crippen molar-refractivity contribution in [3.05, 3.63) is 89.5 Å². The molecule has 0 unspecified atom stereocenters. The van der Waals surface area contributed by atoms with Gasteiger partial charge in [-0.15, -0.1) is 0 Å². The number of hydrogen-bond acceptors (Lipinski definition) is 3. The summed E-state index contributed by atoms with van der Waals surface area (Å²) in [6.45, 7) is 0. The predicted molar refractivity (Wildman–Crippen MR) is 115 cm³/mol. The maximum absolute atomic E-state index is 11.9. The van der Waals surface area contributed by atoms with E-state index in [9.17, 15) is 13.0 Å². The van der Waals surface area contributed by atoms with Gasteiger partial charge in [0.05, 0.1) is 19.0 Å². The molecule has 29 heavy (non-hydrogen) atoms. The SMILES string of the molecule is C[N+](C)=C1C=CC(=C(c2ccc([NH+](C)C)cc2)c2ccccc2S(=O)(=O)[O-])C=C1. The van der Waals surface area contributed by atoms with Crippen molar-refractivity contribution in [2.75, 3.05) is 28.2 Å². The summed E-state index contributed by atoms with van der Waals surface area (Å²) < 4.78 is 37.8. The van der Waals surface area contributed by atoms with Crippen LogP contribution in [0.25, 0.3) is 5.57 Å². The van der Waals surface area contributed by atoms with Crippen LogP contribution < -0.4 is 4.90 Å². The number of quaternary nitrogens is 1. The van der Waals surface area contributed by atoms with Crippen LogP contribution in [0.1, 0.15) is 11.1 Å². The van der Waals surface area contributed by atoms with Gasteiger partial charge in [0.25, 0.3) is 0 Å². The third-order valence-electron chi connectivity index (χ3n) is 4.85. The number of nitrogens with one attached hydrogen (secondary N) is 1. The van der Waals surface area contributed by atoms with Crippen LogP contribution in [-0.2, 0) is 10.1 Å². The summed E-state index contributed by atoms with van der Waals surface area (Å²) in [5.41, 5.74) is 4.96. The molecule has 0 aliphatic heterocycles. The molecule has 1 N–H and O–H groups in total. The first-order valence-corrected chi connectivity index (χ1v) is 10.7. The third-order valence-corrected chi connectivity index (χ3v) is 5.74. The lowest BCUT2D eigenvalue weighted by Crippen LogP contribution is -3.00. The van der Waals surface area contributed by atoms with E-state index in [2.05, 4.69) is 0 Å². The monoisotopic (exact) mass is 409 g/mol. The molecule has 0 heterocycles. The van der Waals surface area contributed by atoms with E-state index in [0.29, 0.717) is 11.1 Å². The Morgan fingerprint density at radius 2 is 1.48 bits per heavy atom. The average Bonchev–Trinajstić information content (AvgIpc) is 2.68. The van der Waals surface area contributed by atoms with Crippen LogP contribution in [0, 0.1) is 0 Å². The van der Waals surface area contributed by atoms with E-state index in [1.807, 2.05) is 81.3 Å². The predicted octanol–water partition coefficient (Wildman–Crippen LogP) is 2.01. The standard InChI is InChI=1S/C23H24N2O3S/c1-24(2)19-13-9-17(10-14-19)23(18-11-15-20(16-12-18)25(3)4)21-7-5-6-8-22(21)29(26,27)28/h5-16H,1-4H3/p+1. The Morgan fingerprint density at radius 1 is 0.897 bits per heavy atom. The fraction of sp³-hybridized carbons (Fsp3) is 0.174. The van der Waals surface area contributed by atoms with Crippen LogP contribution in [-0.4, -0.2) is 51.4 Å². The van der Waals surface area contributed by atoms with Crippen LogP contribution in [0.2, 0.25) is 0 Å². The summed E-state index contributed by atoms with van der Waals surface area (Å²) in [5.74, 6) is 0. The van der Waals surface area contributed by atoms with Gasteiger partial charge in [-0.3, -0.25) is 0 Å². The highest BCUT2D eigenvalue weighted by Crippen LogP contribution is 2.33. The van der Waals surface area contributed by atoms with E-state index in [4.69, 9.17) is 0 Å². The lowest BCUT2D eigenvalue weighted by Gasteiger charge is -2.19. The number of benzene rings is 2. The molecule has 0 aromatic heterocycles. The van der Waals surface area contributed by atoms with E-state index < -0.39 is 10.1 Å². The topological polar surface area (TPSA) is 64.7 Å². The Labute approximate surface area is 172 Å². The van der Waals surface area contributed by atoms with Gasteiger partial charge in [-0.1, -0.05) is 18.2 Å². The zero-order valence-corrected chi connectivity index (χ0v) is 17.8. The first-order valence-electron chi connectivity index (χ1n) is 9.29. The molecule has 0 saturated heterocycles. The lowest BCUT2D eigenvalue weighted by atomic mass is 9.90. The summed E-state index contributed by atoms with van der Waals surface area (Å²) in [4.78, 5) is 0.977. The highest BCUT2D eigenvalue weighted by Gasteiger charge is 2.18. The summed E-state index contributed by atoms with van der Waals surface area (Å²) in [5, 5.41) is 0. The molecule has 3 rings (SSSR count). The van der Waals surface area contributed by atoms with Crippen molar-refractivity contribution in [3.8, 4) is 0 Å². The normalized spacial score (nSPS) is 13.9. The van der Waals surface area contributed by atoms with Crippen molar-refractivity contribution in [1.29, 1.82) is 0 Å². The number of rotatable bonds is 4. The van der Waals surface area contributed by atoms with Crippen LogP contribution in [0.15, 0.2) is 83.3 Å². The lowest BCUT2D eigenvalue weighted by molar-refractivity contribution is -0.786. The largest absolute Gasteiger partial charge is 0.744 e. The Bertz CT molecular complexity index is 1130. The molecule has 1 aliphatic carbocycles. The van der Waals surface area contributed by atoms with E-state index in [1.54, 1.807) is 18.2 Å². The summed E-state index contributed by atoms with van der Waals surface area (Å²) in [6.07, 6.45) is 7.85. The smallest absolute Gasteiger partial charge is 0.199 e. The van der Waals surface area contributed by atoms with E-state index in [1.165, 1.54) is 11.0 Å². The summed E-state index contributed by atoms with van der Waals surface area (Å²) in [6, 6.07) is 14.3. The van der Waals surface area contributed by atoms with Gasteiger partial charge in [-0.25, -0.2) is 13.0 Å². The third kappa shape index (κ3) is 4.62. The first kappa shape index (κ1) is 20.9. The van der Waals surface area contributed by atoms with Crippen molar-refractivity contribution in [1.82, 2.24) is 0 Å². The molecule has 0 saturated carbocycles. The van der Waals surface area contributed by atoms with Crippen molar-refractivity contribution < 1.29 is 22.4 Å². The molecule has 0 bridgehead atoms. The van der Waals surface area contributed by atoms with Crippen molar-refractivity contribution in [3.63, 3.8) is 0 Å². The van der Waals surface area contributed by atoms with E-state index >= 15 is 0 Å². The Morgan fingerprint density at radius 3 is 2.00 bits per heavy atom. The molecule has 2 aromatic carbocycles. The minimum absolute atomic E-state index is 0.214. The molecular weight excluding hydrogens is 384 g/mol. The van der Waals surface area contributed by atoms with Gasteiger partial charge in [-0.2, -0.15) is 0 Å². The maximum atomic E-state index is 11.9. The molecule has 150 valence electrons. The van der Waals surface area contributed by atoms with Crippen molar-refractivity contribution in [2.45, 2.75) is 4.90 Å². The fourth-order valence-electron chi connectivity index (χ4n) is 3.27. The molecule has 0 radical (unpaired) electrons. The van der Waals surface area contributed by atoms with Crippen molar-refractivity contribution in [2.24, 2.45) is 0 Å². The Kier molecular flexibility index (Phi) is 5.98. The molecule has 0 atom stereocenters. The van der Waals surface area contributed by atoms with Crippen molar-refractivity contribution >= 4 is 27.1 Å². The quantitative estimate of drug-likeness (QED) is 0.621. The minimum atomic E-state index is -4.62. The second-order valence-electron chi connectivity index (χ2n) is 7.34. The zero-order valence-electron chi connectivity index (χ0n) is 17.0. The molecule has 0 spiro atoms. The number of allylic oxidation sites excluding steroid dienone is 5. The molecule has 6 heteroatoms. The fourth-order valence-corrected chi connectivity index (χ4v) is 3.95. The van der Waals surface area contributed by atoms with Gasteiger partial charge in [0, 0.05) is 17.7 Å². The van der Waals surface area contributed by atoms with Crippen LogP contribution in [0.4, 0.5) is 5.69 Å². The second-order valence-corrected chi connectivity index (χ2v) is 8.69. The van der Waals surface area contributed by atoms with Gasteiger partial charge in [-0.05, 0) is 59.2 Å². The maximum Gasteiger partial charge on any atom is 0.199 e. The number of nitrogens with zero attached hydrogens (tertiary/aromatic N) is 1. The highest BCUT2D eigenvalue weighted by molar-refractivity contribution is 7.85. The van der Waals surface area contributed by atoms with Gasteiger partial charge >= 0.3 is 0 Å². The molecule has 5 nitrogen and oxygen atoms in total. The summed E-state index contributed by atoms with van der Waals surface area (Å²) >= 11 is 0. The molecule has 0 fully saturated rings. The average molecular weight is 410 g/mol. The number of hydrogen-bond donors (Lipinski definition) is 1. The molecule has 0 amide bonds. The molecular formula is C23H25N2O3S+. The highest BCUT2D eigenvalue weighted by atomic mass is 32.2. The molecule has 1 aliphatic rings. The van der Waals surface area contributed by atoms with Gasteiger partial charge in [0.15, 0.2) is 5.71 Å². The molecule has 2 aromatic rings. The van der Waals surface area contributed by atoms with Crippen LogP contribution in [0.5, 0.6) is 0 Å². The first-order chi connectivity index (χ1) is 13.7. The Hall–Kier alpha value is -2.80. The minimum Gasteiger partial charge on any atom is -0.744 e. The van der Waals surface area contributed by atoms with Crippen LogP contribution in [0.3, 0.4) is 0 Å². The van der Waals surface area contributed by atoms with Crippen LogP contribution >= 0.6 is 0 Å². The Balaban J connectivity index is 2.28. The second kappa shape index (κ2) is 8.29. The zero-order chi connectivity index (χ0) is 21.2. The van der Waals surface area contributed by atoms with E-state index in [0.717, 1.165) is 22.5 Å². The van der Waals surface area contributed by atoms with E-state index in [-0.39, 0.29) is 4.90 Å². The van der Waals surface area contributed by atoms with Gasteiger partial charge < -0.3 is 9.45 Å². The summed E-state index contributed by atoms with van der Waals surface area (Å²) in [7, 11) is 3.38.